The quantitative estimate of drug-likeness (QED) is 0.419. The first-order valence-electron chi connectivity index (χ1n) is 7.50. The summed E-state index contributed by atoms with van der Waals surface area (Å²) in [5, 5.41) is 18.0. The summed E-state index contributed by atoms with van der Waals surface area (Å²) in [5.41, 5.74) is -0.779. The zero-order valence-electron chi connectivity index (χ0n) is 12.3. The molecule has 0 aromatic heterocycles. The van der Waals surface area contributed by atoms with Crippen LogP contribution in [-0.2, 0) is 4.79 Å². The van der Waals surface area contributed by atoms with Gasteiger partial charge in [-0.15, -0.1) is 0 Å². The maximum absolute atomic E-state index is 11.7. The Morgan fingerprint density at radius 1 is 1.05 bits per heavy atom. The van der Waals surface area contributed by atoms with Crippen LogP contribution >= 0.6 is 0 Å². The van der Waals surface area contributed by atoms with E-state index in [1.807, 2.05) is 7.05 Å². The number of rotatable bonds is 7. The standard InChI is InChI=1S/C14H27N3O3/c1-15-9-6-10-16-13(20)17-11-14(12(18)19)7-4-2-3-5-8-14/h15H,2-11H2,1H3,(H,18,19)(H2,16,17,20). The smallest absolute Gasteiger partial charge is 0.314 e. The van der Waals surface area contributed by atoms with E-state index in [1.165, 1.54) is 0 Å². The molecule has 6 nitrogen and oxygen atoms in total. The molecule has 0 unspecified atom stereocenters. The minimum Gasteiger partial charge on any atom is -0.481 e. The van der Waals surface area contributed by atoms with Gasteiger partial charge in [-0.2, -0.15) is 0 Å². The van der Waals surface area contributed by atoms with E-state index in [0.717, 1.165) is 38.6 Å². The molecule has 2 amide bonds. The average Bonchev–Trinajstić information content (AvgIpc) is 2.68. The topological polar surface area (TPSA) is 90.5 Å². The molecule has 0 radical (unpaired) electrons. The molecule has 0 aromatic carbocycles. The van der Waals surface area contributed by atoms with Gasteiger partial charge in [-0.1, -0.05) is 25.7 Å². The van der Waals surface area contributed by atoms with Crippen molar-refractivity contribution in [1.82, 2.24) is 16.0 Å². The predicted molar refractivity (Wildman–Crippen MR) is 77.7 cm³/mol. The number of hydrogen-bond acceptors (Lipinski definition) is 3. The Bertz CT molecular complexity index is 313. The summed E-state index contributed by atoms with van der Waals surface area (Å²) in [7, 11) is 1.86. The SMILES string of the molecule is CNCCCNC(=O)NCC1(C(=O)O)CCCCCC1. The summed E-state index contributed by atoms with van der Waals surface area (Å²) in [4.78, 5) is 23.2. The molecule has 6 heteroatoms. The summed E-state index contributed by atoms with van der Waals surface area (Å²) in [6.07, 6.45) is 6.20. The van der Waals surface area contributed by atoms with Crippen LogP contribution < -0.4 is 16.0 Å². The zero-order valence-corrected chi connectivity index (χ0v) is 12.3. The van der Waals surface area contributed by atoms with E-state index in [1.54, 1.807) is 0 Å². The number of carbonyl (C=O) groups excluding carboxylic acids is 1. The van der Waals surface area contributed by atoms with Crippen molar-refractivity contribution in [1.29, 1.82) is 0 Å². The molecule has 1 saturated carbocycles. The maximum atomic E-state index is 11.7. The Morgan fingerprint density at radius 2 is 1.70 bits per heavy atom. The molecule has 0 atom stereocenters. The van der Waals surface area contributed by atoms with Crippen LogP contribution in [0.25, 0.3) is 0 Å². The van der Waals surface area contributed by atoms with Gasteiger partial charge in [0.25, 0.3) is 0 Å². The molecule has 1 aliphatic carbocycles. The van der Waals surface area contributed by atoms with Crippen LogP contribution in [0.2, 0.25) is 0 Å². The molecule has 116 valence electrons. The van der Waals surface area contributed by atoms with Gasteiger partial charge in [0.05, 0.1) is 5.41 Å². The van der Waals surface area contributed by atoms with E-state index < -0.39 is 11.4 Å². The molecule has 4 N–H and O–H groups in total. The average molecular weight is 285 g/mol. The number of amides is 2. The van der Waals surface area contributed by atoms with Gasteiger partial charge in [0, 0.05) is 13.1 Å². The lowest BCUT2D eigenvalue weighted by atomic mass is 9.80. The highest BCUT2D eigenvalue weighted by atomic mass is 16.4. The summed E-state index contributed by atoms with van der Waals surface area (Å²) in [6.45, 7) is 1.66. The van der Waals surface area contributed by atoms with Crippen molar-refractivity contribution in [3.05, 3.63) is 0 Å². The van der Waals surface area contributed by atoms with E-state index in [4.69, 9.17) is 0 Å². The molecule has 0 bridgehead atoms. The lowest BCUT2D eigenvalue weighted by Gasteiger charge is -2.28. The molecule has 0 saturated heterocycles. The van der Waals surface area contributed by atoms with Gasteiger partial charge in [-0.05, 0) is 32.9 Å². The molecule has 1 rings (SSSR count). The van der Waals surface area contributed by atoms with Gasteiger partial charge in [0.15, 0.2) is 0 Å². The van der Waals surface area contributed by atoms with Crippen molar-refractivity contribution in [3.8, 4) is 0 Å². The van der Waals surface area contributed by atoms with Crippen molar-refractivity contribution in [2.24, 2.45) is 5.41 Å². The number of carboxylic acids is 1. The molecule has 0 aromatic rings. The molecule has 1 aliphatic rings. The molecular weight excluding hydrogens is 258 g/mol. The highest BCUT2D eigenvalue weighted by Crippen LogP contribution is 2.34. The van der Waals surface area contributed by atoms with Crippen molar-refractivity contribution >= 4 is 12.0 Å². The van der Waals surface area contributed by atoms with Crippen LogP contribution in [-0.4, -0.2) is 43.8 Å². The highest BCUT2D eigenvalue weighted by molar-refractivity contribution is 5.78. The highest BCUT2D eigenvalue weighted by Gasteiger charge is 2.38. The van der Waals surface area contributed by atoms with E-state index >= 15 is 0 Å². The largest absolute Gasteiger partial charge is 0.481 e. The molecule has 20 heavy (non-hydrogen) atoms. The van der Waals surface area contributed by atoms with Crippen LogP contribution in [0.1, 0.15) is 44.9 Å². The fourth-order valence-electron chi connectivity index (χ4n) is 2.65. The maximum Gasteiger partial charge on any atom is 0.314 e. The Morgan fingerprint density at radius 3 is 2.25 bits per heavy atom. The lowest BCUT2D eigenvalue weighted by molar-refractivity contribution is -0.149. The molecule has 0 aliphatic heterocycles. The second-order valence-corrected chi connectivity index (χ2v) is 5.57. The first-order chi connectivity index (χ1) is 9.60. The van der Waals surface area contributed by atoms with Gasteiger partial charge < -0.3 is 21.1 Å². The zero-order chi connectivity index (χ0) is 14.8. The second-order valence-electron chi connectivity index (χ2n) is 5.57. The normalized spacial score (nSPS) is 18.1. The Balaban J connectivity index is 2.38. The number of nitrogens with one attached hydrogen (secondary N) is 3. The van der Waals surface area contributed by atoms with E-state index in [9.17, 15) is 14.7 Å². The first-order valence-corrected chi connectivity index (χ1v) is 7.50. The van der Waals surface area contributed by atoms with E-state index in [0.29, 0.717) is 19.4 Å². The summed E-state index contributed by atoms with van der Waals surface area (Å²) >= 11 is 0. The third-order valence-electron chi connectivity index (χ3n) is 3.99. The Kier molecular flexibility index (Phi) is 7.36. The van der Waals surface area contributed by atoms with Gasteiger partial charge in [-0.3, -0.25) is 4.79 Å². The molecule has 0 spiro atoms. The number of hydrogen-bond donors (Lipinski definition) is 4. The number of aliphatic carboxylic acids is 1. The fraction of sp³-hybridized carbons (Fsp3) is 0.857. The Hall–Kier alpha value is -1.30. The van der Waals surface area contributed by atoms with Crippen LogP contribution in [0.15, 0.2) is 0 Å². The van der Waals surface area contributed by atoms with Crippen molar-refractivity contribution in [3.63, 3.8) is 0 Å². The van der Waals surface area contributed by atoms with Crippen molar-refractivity contribution in [2.45, 2.75) is 44.9 Å². The van der Waals surface area contributed by atoms with Crippen molar-refractivity contribution < 1.29 is 14.7 Å². The minimum atomic E-state index is -0.783. The molecule has 1 fully saturated rings. The van der Waals surface area contributed by atoms with Gasteiger partial charge in [-0.25, -0.2) is 4.79 Å². The van der Waals surface area contributed by atoms with Crippen LogP contribution in [0, 0.1) is 5.41 Å². The van der Waals surface area contributed by atoms with Crippen molar-refractivity contribution in [2.75, 3.05) is 26.7 Å². The lowest BCUT2D eigenvalue weighted by Crippen LogP contribution is -2.46. The molecular formula is C14H27N3O3. The van der Waals surface area contributed by atoms with E-state index in [2.05, 4.69) is 16.0 Å². The molecule has 0 heterocycles. The monoisotopic (exact) mass is 285 g/mol. The van der Waals surface area contributed by atoms with Crippen LogP contribution in [0.3, 0.4) is 0 Å². The predicted octanol–water partition coefficient (Wildman–Crippen LogP) is 1.32. The minimum absolute atomic E-state index is 0.222. The van der Waals surface area contributed by atoms with E-state index in [-0.39, 0.29) is 12.6 Å². The third-order valence-corrected chi connectivity index (χ3v) is 3.99. The summed E-state index contributed by atoms with van der Waals surface area (Å²) < 4.78 is 0. The third kappa shape index (κ3) is 5.36. The first kappa shape index (κ1) is 16.8. The van der Waals surface area contributed by atoms with Gasteiger partial charge in [0.1, 0.15) is 0 Å². The number of carboxylic acid groups (broad SMARTS) is 1. The van der Waals surface area contributed by atoms with Gasteiger partial charge in [0.2, 0.25) is 0 Å². The second kappa shape index (κ2) is 8.79. The number of urea groups is 1. The van der Waals surface area contributed by atoms with Crippen LogP contribution in [0.4, 0.5) is 4.79 Å². The summed E-state index contributed by atoms with van der Waals surface area (Å²) in [6, 6.07) is -0.272. The van der Waals surface area contributed by atoms with Crippen LogP contribution in [0.5, 0.6) is 0 Å². The number of carbonyl (C=O) groups is 2. The van der Waals surface area contributed by atoms with Gasteiger partial charge >= 0.3 is 12.0 Å². The fourth-order valence-corrected chi connectivity index (χ4v) is 2.65. The summed E-state index contributed by atoms with van der Waals surface area (Å²) in [5.74, 6) is -0.783. The Labute approximate surface area is 120 Å².